The summed E-state index contributed by atoms with van der Waals surface area (Å²) in [5, 5.41) is 8.89. The predicted molar refractivity (Wildman–Crippen MR) is 108 cm³/mol. The van der Waals surface area contributed by atoms with Gasteiger partial charge in [0.05, 0.1) is 16.6 Å². The van der Waals surface area contributed by atoms with Crippen LogP contribution in [0.3, 0.4) is 0 Å². The normalized spacial score (nSPS) is 11.7. The van der Waals surface area contributed by atoms with Gasteiger partial charge in [-0.15, -0.1) is 0 Å². The summed E-state index contributed by atoms with van der Waals surface area (Å²) in [6, 6.07) is 5.93. The van der Waals surface area contributed by atoms with Crippen LogP contribution in [0.15, 0.2) is 28.8 Å². The maximum Gasteiger partial charge on any atom is 0.405 e. The molecule has 0 aliphatic heterocycles. The van der Waals surface area contributed by atoms with Crippen molar-refractivity contribution in [2.75, 3.05) is 11.9 Å². The molecule has 10 heteroatoms. The number of nitrogens with zero attached hydrogens (tertiary/aromatic N) is 2. The molecule has 2 aromatic heterocycles. The Morgan fingerprint density at radius 3 is 2.48 bits per heavy atom. The van der Waals surface area contributed by atoms with Gasteiger partial charge in [0.2, 0.25) is 0 Å². The number of pyridine rings is 1. The lowest BCUT2D eigenvalue weighted by molar-refractivity contribution is -0.123. The molecule has 0 radical (unpaired) electrons. The highest BCUT2D eigenvalue weighted by Gasteiger charge is 2.28. The van der Waals surface area contributed by atoms with E-state index in [0.29, 0.717) is 33.6 Å². The van der Waals surface area contributed by atoms with Crippen molar-refractivity contribution in [3.63, 3.8) is 0 Å². The Balaban J connectivity index is 1.92. The van der Waals surface area contributed by atoms with Crippen LogP contribution in [-0.4, -0.2) is 34.7 Å². The molecule has 0 saturated carbocycles. The summed E-state index contributed by atoms with van der Waals surface area (Å²) in [4.78, 5) is 29.5. The minimum atomic E-state index is -4.52. The van der Waals surface area contributed by atoms with E-state index in [9.17, 15) is 22.8 Å². The first-order valence-electron chi connectivity index (χ1n) is 9.50. The molecule has 2 heterocycles. The van der Waals surface area contributed by atoms with E-state index in [1.165, 1.54) is 12.1 Å². The topological polar surface area (TPSA) is 97.1 Å². The second kappa shape index (κ2) is 8.37. The first-order valence-corrected chi connectivity index (χ1v) is 9.50. The van der Waals surface area contributed by atoms with Crippen molar-refractivity contribution in [3.05, 3.63) is 52.3 Å². The van der Waals surface area contributed by atoms with Crippen LogP contribution in [-0.2, 0) is 0 Å². The van der Waals surface area contributed by atoms with Crippen molar-refractivity contribution < 1.29 is 27.3 Å². The van der Waals surface area contributed by atoms with Crippen LogP contribution < -0.4 is 10.6 Å². The first-order chi connectivity index (χ1) is 14.5. The molecule has 0 aliphatic rings. The third kappa shape index (κ3) is 5.01. The number of carbonyl (C=O) groups excluding carboxylic acids is 2. The summed E-state index contributed by atoms with van der Waals surface area (Å²) in [6.45, 7) is 5.80. The van der Waals surface area contributed by atoms with Crippen molar-refractivity contribution in [3.8, 4) is 0 Å². The van der Waals surface area contributed by atoms with E-state index < -0.39 is 24.5 Å². The fourth-order valence-corrected chi connectivity index (χ4v) is 2.96. The molecule has 3 rings (SSSR count). The minimum absolute atomic E-state index is 0.00551. The van der Waals surface area contributed by atoms with E-state index in [0.717, 1.165) is 0 Å². The number of amides is 2. The van der Waals surface area contributed by atoms with E-state index in [-0.39, 0.29) is 17.2 Å². The van der Waals surface area contributed by atoms with Gasteiger partial charge < -0.3 is 15.2 Å². The number of fused-ring (bicyclic) bond motifs is 1. The number of nitrogens with one attached hydrogen (secondary N) is 2. The number of benzene rings is 1. The van der Waals surface area contributed by atoms with Gasteiger partial charge in [0.25, 0.3) is 17.5 Å². The summed E-state index contributed by atoms with van der Waals surface area (Å²) in [5.74, 6) is -1.34. The Labute approximate surface area is 176 Å². The van der Waals surface area contributed by atoms with Gasteiger partial charge in [0.15, 0.2) is 0 Å². The number of hydrogen-bond acceptors (Lipinski definition) is 5. The zero-order chi connectivity index (χ0) is 22.9. The van der Waals surface area contributed by atoms with Crippen LogP contribution in [0.25, 0.3) is 11.1 Å². The second-order valence-electron chi connectivity index (χ2n) is 7.48. The second-order valence-corrected chi connectivity index (χ2v) is 7.48. The van der Waals surface area contributed by atoms with Crippen LogP contribution in [0.2, 0.25) is 0 Å². The maximum atomic E-state index is 13.1. The quantitative estimate of drug-likeness (QED) is 0.616. The number of aryl methyl sites for hydroxylation is 2. The van der Waals surface area contributed by atoms with E-state index in [4.69, 9.17) is 4.52 Å². The van der Waals surface area contributed by atoms with Crippen LogP contribution in [0.5, 0.6) is 0 Å². The number of anilines is 1. The Bertz CT molecular complexity index is 1150. The molecule has 0 spiro atoms. The van der Waals surface area contributed by atoms with E-state index in [1.807, 2.05) is 19.2 Å². The summed E-state index contributed by atoms with van der Waals surface area (Å²) >= 11 is 0. The molecule has 164 valence electrons. The largest absolute Gasteiger partial charge is 0.405 e. The fourth-order valence-electron chi connectivity index (χ4n) is 2.96. The van der Waals surface area contributed by atoms with Gasteiger partial charge in [0, 0.05) is 16.9 Å². The molecule has 0 unspecified atom stereocenters. The summed E-state index contributed by atoms with van der Waals surface area (Å²) in [7, 11) is 0. The molecule has 2 N–H and O–H groups in total. The van der Waals surface area contributed by atoms with Gasteiger partial charge in [-0.1, -0.05) is 25.1 Å². The summed E-state index contributed by atoms with van der Waals surface area (Å²) < 4.78 is 42.3. The van der Waals surface area contributed by atoms with Crippen molar-refractivity contribution >= 4 is 28.6 Å². The van der Waals surface area contributed by atoms with Crippen LogP contribution in [0, 0.1) is 13.8 Å². The van der Waals surface area contributed by atoms with Gasteiger partial charge >= 0.3 is 6.18 Å². The number of aromatic nitrogens is 2. The smallest absolute Gasteiger partial charge is 0.343 e. The lowest BCUT2D eigenvalue weighted by atomic mass is 10.0. The Morgan fingerprint density at radius 2 is 1.84 bits per heavy atom. The van der Waals surface area contributed by atoms with E-state index >= 15 is 0 Å². The van der Waals surface area contributed by atoms with Crippen molar-refractivity contribution in [1.29, 1.82) is 0 Å². The summed E-state index contributed by atoms with van der Waals surface area (Å²) in [6.07, 6.45) is -4.52. The predicted octanol–water partition coefficient (Wildman–Crippen LogP) is 4.51. The fraction of sp³-hybridized carbons (Fsp3) is 0.333. The minimum Gasteiger partial charge on any atom is -0.343 e. The van der Waals surface area contributed by atoms with Gasteiger partial charge in [-0.3, -0.25) is 9.59 Å². The number of hydrogen-bond donors (Lipinski definition) is 2. The Kier molecular flexibility index (Phi) is 6.01. The lowest BCUT2D eigenvalue weighted by Crippen LogP contribution is -2.33. The standard InChI is InChI=1S/C21H21F3N4O3/c1-10(2)15-8-14(17-12(4)28-31-20(17)27-15)19(30)26-16-7-13(6-5-11(16)3)18(29)25-9-21(22,23)24/h5-8,10H,9H2,1-4H3,(H,25,29)(H,26,30). The molecular formula is C21H21F3N4O3. The molecule has 31 heavy (non-hydrogen) atoms. The number of carbonyl (C=O) groups is 2. The highest BCUT2D eigenvalue weighted by atomic mass is 19.4. The van der Waals surface area contributed by atoms with Crippen LogP contribution >= 0.6 is 0 Å². The Morgan fingerprint density at radius 1 is 1.13 bits per heavy atom. The SMILES string of the molecule is Cc1ccc(C(=O)NCC(F)(F)F)cc1NC(=O)c1cc(C(C)C)nc2onc(C)c12. The third-order valence-electron chi connectivity index (χ3n) is 4.67. The van der Waals surface area contributed by atoms with Crippen molar-refractivity contribution in [2.45, 2.75) is 39.8 Å². The molecule has 7 nitrogen and oxygen atoms in total. The molecule has 3 aromatic rings. The Hall–Kier alpha value is -3.43. The number of alkyl halides is 3. The molecule has 0 atom stereocenters. The van der Waals surface area contributed by atoms with E-state index in [2.05, 4.69) is 15.5 Å². The van der Waals surface area contributed by atoms with Crippen LogP contribution in [0.1, 0.15) is 57.4 Å². The monoisotopic (exact) mass is 434 g/mol. The average molecular weight is 434 g/mol. The van der Waals surface area contributed by atoms with Crippen LogP contribution in [0.4, 0.5) is 18.9 Å². The van der Waals surface area contributed by atoms with Gasteiger partial charge in [-0.25, -0.2) is 4.98 Å². The zero-order valence-corrected chi connectivity index (χ0v) is 17.3. The summed E-state index contributed by atoms with van der Waals surface area (Å²) in [5.41, 5.74) is 2.62. The molecule has 0 bridgehead atoms. The van der Waals surface area contributed by atoms with Gasteiger partial charge in [-0.2, -0.15) is 13.2 Å². The molecule has 2 amide bonds. The average Bonchev–Trinajstić information content (AvgIpc) is 3.07. The van der Waals surface area contributed by atoms with E-state index in [1.54, 1.807) is 26.0 Å². The highest BCUT2D eigenvalue weighted by Crippen LogP contribution is 2.27. The molecular weight excluding hydrogens is 413 g/mol. The molecule has 0 aliphatic carbocycles. The number of halogens is 3. The zero-order valence-electron chi connectivity index (χ0n) is 17.3. The third-order valence-corrected chi connectivity index (χ3v) is 4.67. The lowest BCUT2D eigenvalue weighted by Gasteiger charge is -2.13. The number of rotatable bonds is 5. The van der Waals surface area contributed by atoms with Gasteiger partial charge in [0.1, 0.15) is 6.54 Å². The highest BCUT2D eigenvalue weighted by molar-refractivity contribution is 6.13. The molecule has 0 fully saturated rings. The van der Waals surface area contributed by atoms with Crippen molar-refractivity contribution in [2.24, 2.45) is 0 Å². The molecule has 0 saturated heterocycles. The maximum absolute atomic E-state index is 13.1. The van der Waals surface area contributed by atoms with Gasteiger partial charge in [-0.05, 0) is 43.5 Å². The molecule has 1 aromatic carbocycles. The van der Waals surface area contributed by atoms with Crippen molar-refractivity contribution in [1.82, 2.24) is 15.5 Å². The first kappa shape index (κ1) is 22.3.